The molecule has 1 aromatic rings. The largest absolute Gasteiger partial charge is 0.534 e. The lowest BCUT2D eigenvalue weighted by Gasteiger charge is -2.32. The Morgan fingerprint density at radius 2 is 1.56 bits per heavy atom. The summed E-state index contributed by atoms with van der Waals surface area (Å²) in [6.07, 6.45) is 2.99. The van der Waals surface area contributed by atoms with E-state index in [4.69, 9.17) is 13.7 Å². The Morgan fingerprint density at radius 1 is 1.06 bits per heavy atom. The van der Waals surface area contributed by atoms with Crippen molar-refractivity contribution in [3.63, 3.8) is 0 Å². The van der Waals surface area contributed by atoms with E-state index in [1.54, 1.807) is 6.20 Å². The van der Waals surface area contributed by atoms with Gasteiger partial charge in [0.2, 0.25) is 0 Å². The third-order valence-corrected chi connectivity index (χ3v) is 2.94. The first-order valence-corrected chi connectivity index (χ1v) is 5.66. The monoisotopic (exact) mass is 225 g/mol. The first-order chi connectivity index (χ1) is 7.42. The van der Waals surface area contributed by atoms with Gasteiger partial charge in [-0.05, 0) is 27.7 Å². The fourth-order valence-corrected chi connectivity index (χ4v) is 1.30. The van der Waals surface area contributed by atoms with Crippen molar-refractivity contribution in [1.29, 1.82) is 0 Å². The zero-order valence-corrected chi connectivity index (χ0v) is 10.9. The van der Waals surface area contributed by atoms with Crippen LogP contribution in [0, 0.1) is 0 Å². The topological polar surface area (TPSA) is 44.5 Å². The molecule has 0 aliphatic carbocycles. The molecule has 1 fully saturated rings. The predicted molar refractivity (Wildman–Crippen MR) is 63.6 cm³/mol. The van der Waals surface area contributed by atoms with Crippen LogP contribution >= 0.6 is 0 Å². The zero-order chi connectivity index (χ0) is 12.4. The Hall–Kier alpha value is -0.805. The van der Waals surface area contributed by atoms with Gasteiger partial charge in [-0.3, -0.25) is 0 Å². The van der Waals surface area contributed by atoms with E-state index in [-0.39, 0.29) is 11.2 Å². The Kier molecular flexibility index (Phi) is 3.81. The Balaban J connectivity index is 0.000000606. The molecule has 0 amide bonds. The predicted octanol–water partition coefficient (Wildman–Crippen LogP) is 2.00. The van der Waals surface area contributed by atoms with E-state index in [2.05, 4.69) is 4.98 Å². The first-order valence-electron chi connectivity index (χ1n) is 5.66. The summed E-state index contributed by atoms with van der Waals surface area (Å²) in [6.45, 7) is 12.0. The van der Waals surface area contributed by atoms with Crippen LogP contribution in [0.2, 0.25) is 0 Å². The summed E-state index contributed by atoms with van der Waals surface area (Å²) >= 11 is 0. The average Bonchev–Trinajstić information content (AvgIpc) is 2.77. The van der Waals surface area contributed by atoms with Crippen LogP contribution in [0.5, 0.6) is 0 Å². The molecule has 0 atom stereocenters. The van der Waals surface area contributed by atoms with E-state index in [1.807, 2.05) is 41.5 Å². The zero-order valence-electron chi connectivity index (χ0n) is 10.9. The average molecular weight is 225 g/mol. The molecule has 2 heterocycles. The van der Waals surface area contributed by atoms with Gasteiger partial charge in [0.25, 0.3) is 0 Å². The highest BCUT2D eigenvalue weighted by Crippen LogP contribution is 2.36. The van der Waals surface area contributed by atoms with Gasteiger partial charge in [0.05, 0.1) is 17.4 Å². The minimum Gasteiger partial charge on any atom is -0.452 e. The highest BCUT2D eigenvalue weighted by molar-refractivity contribution is 6.60. The molecule has 0 unspecified atom stereocenters. The maximum Gasteiger partial charge on any atom is 0.534 e. The summed E-state index contributed by atoms with van der Waals surface area (Å²) in [6, 6.07) is 0. The van der Waals surface area contributed by atoms with E-state index in [9.17, 15) is 0 Å². The molecule has 1 aliphatic heterocycles. The second-order valence-electron chi connectivity index (χ2n) is 4.49. The molecule has 0 radical (unpaired) electrons. The number of hydrogen-bond donors (Lipinski definition) is 0. The van der Waals surface area contributed by atoms with Gasteiger partial charge in [0.1, 0.15) is 0 Å². The highest BCUT2D eigenvalue weighted by Gasteiger charge is 2.53. The van der Waals surface area contributed by atoms with Crippen molar-refractivity contribution in [3.05, 3.63) is 12.6 Å². The van der Waals surface area contributed by atoms with Crippen LogP contribution in [0.3, 0.4) is 0 Å². The van der Waals surface area contributed by atoms with Crippen LogP contribution in [-0.4, -0.2) is 23.3 Å². The number of nitrogens with zero attached hydrogens (tertiary/aromatic N) is 1. The van der Waals surface area contributed by atoms with E-state index < -0.39 is 7.12 Å². The Labute approximate surface area is 97.5 Å². The van der Waals surface area contributed by atoms with Gasteiger partial charge >= 0.3 is 7.12 Å². The van der Waals surface area contributed by atoms with Crippen LogP contribution in [0.25, 0.3) is 0 Å². The van der Waals surface area contributed by atoms with E-state index >= 15 is 0 Å². The first kappa shape index (κ1) is 13.3. The van der Waals surface area contributed by atoms with Crippen LogP contribution in [0.1, 0.15) is 41.5 Å². The van der Waals surface area contributed by atoms with E-state index in [0.29, 0.717) is 5.66 Å². The lowest BCUT2D eigenvalue weighted by atomic mass is 9.87. The molecule has 0 bridgehead atoms. The molecule has 90 valence electrons. The molecule has 1 aliphatic rings. The van der Waals surface area contributed by atoms with Crippen molar-refractivity contribution in [2.45, 2.75) is 52.7 Å². The SMILES string of the molecule is CC.CC1(C)OB(c2cnco2)OC1(C)C. The fraction of sp³-hybridized carbons (Fsp3) is 0.727. The second kappa shape index (κ2) is 4.59. The van der Waals surface area contributed by atoms with Gasteiger partial charge in [-0.1, -0.05) is 13.8 Å². The Morgan fingerprint density at radius 3 is 1.94 bits per heavy atom. The van der Waals surface area contributed by atoms with Crippen LogP contribution in [0.15, 0.2) is 17.0 Å². The summed E-state index contributed by atoms with van der Waals surface area (Å²) in [4.78, 5) is 3.84. The van der Waals surface area contributed by atoms with Gasteiger partial charge < -0.3 is 13.7 Å². The summed E-state index contributed by atoms with van der Waals surface area (Å²) < 4.78 is 16.6. The van der Waals surface area contributed by atoms with E-state index in [1.165, 1.54) is 6.39 Å². The third kappa shape index (κ3) is 2.30. The van der Waals surface area contributed by atoms with Crippen molar-refractivity contribution in [3.8, 4) is 0 Å². The van der Waals surface area contributed by atoms with Gasteiger partial charge in [-0.2, -0.15) is 0 Å². The van der Waals surface area contributed by atoms with Crippen molar-refractivity contribution in [2.24, 2.45) is 0 Å². The van der Waals surface area contributed by atoms with Gasteiger partial charge in [0, 0.05) is 0 Å². The molecule has 1 saturated heterocycles. The molecule has 2 rings (SSSR count). The summed E-state index contributed by atoms with van der Waals surface area (Å²) in [5.41, 5.74) is -0.0433. The molecule has 0 N–H and O–H groups in total. The summed E-state index contributed by atoms with van der Waals surface area (Å²) in [7, 11) is -0.442. The number of aromatic nitrogens is 1. The highest BCUT2D eigenvalue weighted by atomic mass is 16.7. The molecule has 5 heteroatoms. The number of hydrogen-bond acceptors (Lipinski definition) is 4. The molecular formula is C11H20BNO3. The molecule has 16 heavy (non-hydrogen) atoms. The van der Waals surface area contributed by atoms with Crippen molar-refractivity contribution < 1.29 is 13.7 Å². The summed E-state index contributed by atoms with van der Waals surface area (Å²) in [5.74, 6) is 0. The molecular weight excluding hydrogens is 205 g/mol. The number of oxazole rings is 1. The van der Waals surface area contributed by atoms with Crippen molar-refractivity contribution >= 4 is 12.8 Å². The van der Waals surface area contributed by atoms with Crippen LogP contribution in [0.4, 0.5) is 0 Å². The van der Waals surface area contributed by atoms with Crippen LogP contribution in [-0.2, 0) is 9.31 Å². The summed E-state index contributed by atoms with van der Waals surface area (Å²) in [5, 5.41) is 0. The van der Waals surface area contributed by atoms with Gasteiger partial charge in [-0.25, -0.2) is 4.98 Å². The lowest BCUT2D eigenvalue weighted by Crippen LogP contribution is -2.41. The fourth-order valence-electron chi connectivity index (χ4n) is 1.30. The third-order valence-electron chi connectivity index (χ3n) is 2.94. The molecule has 4 nitrogen and oxygen atoms in total. The Bertz CT molecular complexity index is 306. The van der Waals surface area contributed by atoms with Gasteiger partial charge in [0.15, 0.2) is 12.1 Å². The molecule has 0 aromatic carbocycles. The normalized spacial score (nSPS) is 21.5. The standard InChI is InChI=1S/C9H14BNO3.C2H6/c1-8(2)9(3,4)14-10(13-8)7-5-11-6-12-7;1-2/h5-6H,1-4H3;1-2H3. The molecule has 1 aromatic heterocycles. The number of rotatable bonds is 1. The van der Waals surface area contributed by atoms with Crippen molar-refractivity contribution in [2.75, 3.05) is 0 Å². The smallest absolute Gasteiger partial charge is 0.452 e. The second-order valence-corrected chi connectivity index (χ2v) is 4.49. The maximum atomic E-state index is 5.75. The lowest BCUT2D eigenvalue weighted by molar-refractivity contribution is 0.00578. The van der Waals surface area contributed by atoms with Crippen LogP contribution < -0.4 is 5.66 Å². The van der Waals surface area contributed by atoms with Gasteiger partial charge in [-0.15, -0.1) is 0 Å². The van der Waals surface area contributed by atoms with E-state index in [0.717, 1.165) is 0 Å². The molecule has 0 saturated carbocycles. The molecule has 0 spiro atoms. The van der Waals surface area contributed by atoms with Crippen molar-refractivity contribution in [1.82, 2.24) is 4.98 Å². The maximum absolute atomic E-state index is 5.75. The quantitative estimate of drug-likeness (QED) is 0.685. The minimum atomic E-state index is -0.442. The minimum absolute atomic E-state index is 0.329.